The van der Waals surface area contributed by atoms with Crippen LogP contribution in [0.5, 0.6) is 0 Å². The summed E-state index contributed by atoms with van der Waals surface area (Å²) >= 11 is 0. The van der Waals surface area contributed by atoms with E-state index in [0.29, 0.717) is 24.3 Å². The van der Waals surface area contributed by atoms with Crippen molar-refractivity contribution in [2.45, 2.75) is 109 Å². The lowest BCUT2D eigenvalue weighted by Gasteiger charge is -2.39. The number of aryl methyl sites for hydroxylation is 1. The van der Waals surface area contributed by atoms with Crippen molar-refractivity contribution in [1.82, 2.24) is 34.1 Å². The van der Waals surface area contributed by atoms with E-state index < -0.39 is 58.7 Å². The second kappa shape index (κ2) is 14.5. The van der Waals surface area contributed by atoms with Crippen molar-refractivity contribution < 1.29 is 32.0 Å². The van der Waals surface area contributed by atoms with E-state index in [1.807, 2.05) is 6.92 Å². The predicted molar refractivity (Wildman–Crippen MR) is 179 cm³/mol. The molecule has 0 spiro atoms. The van der Waals surface area contributed by atoms with Crippen molar-refractivity contribution >= 4 is 33.3 Å². The first kappa shape index (κ1) is 36.9. The lowest BCUT2D eigenvalue weighted by molar-refractivity contribution is -0.0502. The maximum Gasteiger partial charge on any atom is 0.475 e. The van der Waals surface area contributed by atoms with Gasteiger partial charge in [0.05, 0.1) is 31.2 Å². The molecule has 18 nitrogen and oxygen atoms in total. The van der Waals surface area contributed by atoms with E-state index in [2.05, 4.69) is 63.6 Å². The average Bonchev–Trinajstić information content (AvgIpc) is 3.72. The zero-order chi connectivity index (χ0) is 35.7. The molecule has 0 bridgehead atoms. The molecule has 0 amide bonds. The molecule has 0 saturated carbocycles. The van der Waals surface area contributed by atoms with Gasteiger partial charge < -0.3 is 29.5 Å². The number of phosphoric ester groups is 1. The Hall–Kier alpha value is -3.34. The lowest BCUT2D eigenvalue weighted by Crippen LogP contribution is -2.46. The Kier molecular flexibility index (Phi) is 10.9. The van der Waals surface area contributed by atoms with Crippen LogP contribution in [0.25, 0.3) is 16.0 Å². The number of fused-ring (bicyclic) bond motifs is 1. The Morgan fingerprint density at radius 1 is 1.08 bits per heavy atom. The molecule has 3 aromatic heterocycles. The SMILES string of the molecule is [C-]#[N+]CCOP(=O)(OC[C@H]1O[C@@H](n2cnc3c(=O)[nH]c(C)nc32)C[C@H]1O[Si](C)(C)C(C)(C)C)O[C@@H]1C[C@H](n2cnc(N)nc2=O)O[C@@H]1CC. The first-order valence-corrected chi connectivity index (χ1v) is 20.4. The Labute approximate surface area is 284 Å². The number of aromatic amines is 1. The summed E-state index contributed by atoms with van der Waals surface area (Å²) in [6, 6.07) is 0. The van der Waals surface area contributed by atoms with Gasteiger partial charge in [0, 0.05) is 12.8 Å². The summed E-state index contributed by atoms with van der Waals surface area (Å²) < 4.78 is 54.1. The number of hydrogen-bond acceptors (Lipinski definition) is 14. The van der Waals surface area contributed by atoms with Gasteiger partial charge in [0.2, 0.25) is 12.5 Å². The van der Waals surface area contributed by atoms with Crippen molar-refractivity contribution in [3.8, 4) is 0 Å². The summed E-state index contributed by atoms with van der Waals surface area (Å²) in [5, 5.41) is -0.128. The fraction of sp³-hybridized carbons (Fsp3) is 0.690. The van der Waals surface area contributed by atoms with Gasteiger partial charge in [0.25, 0.3) is 5.56 Å². The molecule has 2 fully saturated rings. The number of nitrogens with two attached hydrogens (primary N) is 1. The van der Waals surface area contributed by atoms with Gasteiger partial charge in [-0.05, 0) is 31.5 Å². The predicted octanol–water partition coefficient (Wildman–Crippen LogP) is 3.48. The number of nitrogen functional groups attached to an aromatic ring is 1. The number of H-pyrrole nitrogens is 1. The van der Waals surface area contributed by atoms with Gasteiger partial charge in [-0.3, -0.25) is 27.5 Å². The molecule has 5 rings (SSSR count). The van der Waals surface area contributed by atoms with E-state index in [1.165, 1.54) is 17.2 Å². The second-order valence-electron chi connectivity index (χ2n) is 13.5. The number of phosphoric acid groups is 1. The third-order valence-electron chi connectivity index (χ3n) is 9.05. The molecule has 3 aromatic rings. The van der Waals surface area contributed by atoms with Gasteiger partial charge in [-0.15, -0.1) is 0 Å². The molecule has 20 heteroatoms. The van der Waals surface area contributed by atoms with E-state index in [1.54, 1.807) is 11.5 Å². The number of aromatic nitrogens is 7. The van der Waals surface area contributed by atoms with Crippen molar-refractivity contribution in [2.24, 2.45) is 0 Å². The summed E-state index contributed by atoms with van der Waals surface area (Å²) in [4.78, 5) is 47.2. The molecule has 7 atom stereocenters. The van der Waals surface area contributed by atoms with Crippen LogP contribution in [0.3, 0.4) is 0 Å². The van der Waals surface area contributed by atoms with Crippen LogP contribution in [0.2, 0.25) is 18.1 Å². The zero-order valence-electron chi connectivity index (χ0n) is 28.7. The Bertz CT molecular complexity index is 1850. The molecule has 2 saturated heterocycles. The number of imidazole rings is 1. The van der Waals surface area contributed by atoms with E-state index in [4.69, 9.17) is 39.8 Å². The third kappa shape index (κ3) is 8.18. The number of nitrogens with zero attached hydrogens (tertiary/aromatic N) is 7. The normalized spacial score (nSPS) is 25.8. The van der Waals surface area contributed by atoms with Gasteiger partial charge in [0.15, 0.2) is 19.5 Å². The van der Waals surface area contributed by atoms with E-state index in [-0.39, 0.29) is 48.2 Å². The summed E-state index contributed by atoms with van der Waals surface area (Å²) in [5.74, 6) is 0.261. The largest absolute Gasteiger partial charge is 0.475 e. The third-order valence-corrected chi connectivity index (χ3v) is 15.0. The van der Waals surface area contributed by atoms with E-state index >= 15 is 0 Å². The molecule has 1 unspecified atom stereocenters. The van der Waals surface area contributed by atoms with Crippen LogP contribution in [-0.2, 0) is 32.0 Å². The molecule has 2 aliphatic rings. The Morgan fingerprint density at radius 2 is 1.76 bits per heavy atom. The zero-order valence-corrected chi connectivity index (χ0v) is 30.6. The van der Waals surface area contributed by atoms with Gasteiger partial charge in [0.1, 0.15) is 37.3 Å². The molecule has 0 aliphatic carbocycles. The molecule has 5 heterocycles. The molecule has 268 valence electrons. The molecule has 3 N–H and O–H groups in total. The molecule has 0 radical (unpaired) electrons. The number of hydrogen-bond donors (Lipinski definition) is 2. The molecule has 2 aliphatic heterocycles. The van der Waals surface area contributed by atoms with Gasteiger partial charge in [-0.1, -0.05) is 27.7 Å². The topological polar surface area (TPSA) is 214 Å². The van der Waals surface area contributed by atoms with Crippen molar-refractivity contribution in [1.29, 1.82) is 0 Å². The molecule has 0 aromatic carbocycles. The first-order chi connectivity index (χ1) is 23.0. The lowest BCUT2D eigenvalue weighted by atomic mass is 10.1. The van der Waals surface area contributed by atoms with E-state index in [0.717, 1.165) is 0 Å². The number of anilines is 1. The highest BCUT2D eigenvalue weighted by atomic mass is 31.2. The minimum atomic E-state index is -4.34. The summed E-state index contributed by atoms with van der Waals surface area (Å²) in [6.07, 6.45) is -0.367. The highest BCUT2D eigenvalue weighted by molar-refractivity contribution is 7.48. The second-order valence-corrected chi connectivity index (χ2v) is 19.9. The van der Waals surface area contributed by atoms with Crippen LogP contribution < -0.4 is 17.0 Å². The highest BCUT2D eigenvalue weighted by Gasteiger charge is 2.48. The van der Waals surface area contributed by atoms with Gasteiger partial charge in [-0.25, -0.2) is 30.9 Å². The maximum atomic E-state index is 14.2. The Morgan fingerprint density at radius 3 is 2.43 bits per heavy atom. The molecule has 49 heavy (non-hydrogen) atoms. The van der Waals surface area contributed by atoms with Gasteiger partial charge in [-0.2, -0.15) is 4.98 Å². The fourth-order valence-corrected chi connectivity index (χ4v) is 8.21. The maximum absolute atomic E-state index is 14.2. The van der Waals surface area contributed by atoms with Crippen LogP contribution in [-0.4, -0.2) is 86.5 Å². The number of rotatable bonds is 13. The van der Waals surface area contributed by atoms with Crippen molar-refractivity contribution in [2.75, 3.05) is 25.5 Å². The molecular formula is C29H44N9O9PSi. The summed E-state index contributed by atoms with van der Waals surface area (Å²) in [6.45, 7) is 20.8. The van der Waals surface area contributed by atoms with Crippen LogP contribution in [0, 0.1) is 13.5 Å². The van der Waals surface area contributed by atoms with Crippen LogP contribution >= 0.6 is 7.82 Å². The summed E-state index contributed by atoms with van der Waals surface area (Å²) in [7, 11) is -6.69. The minimum absolute atomic E-state index is 0.0752. The fourth-order valence-electron chi connectivity index (χ4n) is 5.47. The van der Waals surface area contributed by atoms with E-state index in [9.17, 15) is 14.2 Å². The smallest absolute Gasteiger partial charge is 0.411 e. The first-order valence-electron chi connectivity index (χ1n) is 16.1. The highest BCUT2D eigenvalue weighted by Crippen LogP contribution is 2.54. The monoisotopic (exact) mass is 721 g/mol. The minimum Gasteiger partial charge on any atom is -0.411 e. The van der Waals surface area contributed by atoms with Crippen molar-refractivity contribution in [3.63, 3.8) is 0 Å². The van der Waals surface area contributed by atoms with Crippen LogP contribution in [0.1, 0.15) is 65.2 Å². The quantitative estimate of drug-likeness (QED) is 0.112. The standard InChI is InChI=1S/C29H44N9O9PSi/c1-9-18-19(12-23(44-18)38-16-33-27(30)36-28(38)40)46-48(41,42-11-10-31-6)43-14-21-20(47-49(7,8)29(3,4)5)13-22(45-21)37-15-32-24-25(37)34-17(2)35-26(24)39/h15-16,18-23H,9-14H2,1-5,7-8H3,(H2,30,36,40)(H,34,35,39)/t18-,19-,20-,21-,22-,23-,48?/m1/s1. The van der Waals surface area contributed by atoms with Gasteiger partial charge >= 0.3 is 13.5 Å². The average molecular weight is 722 g/mol. The number of ether oxygens (including phenoxy) is 2. The number of nitrogens with one attached hydrogen (secondary N) is 1. The molecular weight excluding hydrogens is 677 g/mol. The van der Waals surface area contributed by atoms with Crippen LogP contribution in [0.4, 0.5) is 5.95 Å². The summed E-state index contributed by atoms with van der Waals surface area (Å²) in [5.41, 5.74) is 5.07. The van der Waals surface area contributed by atoms with Crippen molar-refractivity contribution in [3.05, 3.63) is 50.7 Å². The van der Waals surface area contributed by atoms with Crippen LogP contribution in [0.15, 0.2) is 22.2 Å². The Balaban J connectivity index is 1.39.